The first kappa shape index (κ1) is 13.1. The topological polar surface area (TPSA) is 68.5 Å². The summed E-state index contributed by atoms with van der Waals surface area (Å²) in [7, 11) is 0. The molecule has 2 N–H and O–H groups in total. The van der Waals surface area contributed by atoms with Gasteiger partial charge in [-0.15, -0.1) is 0 Å². The van der Waals surface area contributed by atoms with Crippen molar-refractivity contribution in [3.05, 3.63) is 22.8 Å². The van der Waals surface area contributed by atoms with E-state index in [9.17, 15) is 4.79 Å². The number of rotatable bonds is 2. The Labute approximate surface area is 111 Å². The molecule has 18 heavy (non-hydrogen) atoms. The van der Waals surface area contributed by atoms with Gasteiger partial charge in [-0.25, -0.2) is 4.98 Å². The van der Waals surface area contributed by atoms with Crippen LogP contribution in [0.3, 0.4) is 0 Å². The molecule has 1 fully saturated rings. The highest BCUT2D eigenvalue weighted by molar-refractivity contribution is 6.29. The smallest absolute Gasteiger partial charge is 0.254 e. The number of nitrogen functional groups attached to an aromatic ring is 1. The van der Waals surface area contributed by atoms with E-state index in [1.807, 2.05) is 6.92 Å². The van der Waals surface area contributed by atoms with Crippen molar-refractivity contribution >= 4 is 23.3 Å². The van der Waals surface area contributed by atoms with Gasteiger partial charge in [0.25, 0.3) is 5.91 Å². The Kier molecular flexibility index (Phi) is 4.04. The van der Waals surface area contributed by atoms with E-state index >= 15 is 0 Å². The summed E-state index contributed by atoms with van der Waals surface area (Å²) in [5, 5.41) is 0.235. The zero-order chi connectivity index (χ0) is 13.1. The summed E-state index contributed by atoms with van der Waals surface area (Å²) in [6.45, 7) is 3.81. The molecule has 1 aliphatic heterocycles. The van der Waals surface area contributed by atoms with Gasteiger partial charge in [0.15, 0.2) is 0 Å². The largest absolute Gasteiger partial charge is 0.384 e. The van der Waals surface area contributed by atoms with Crippen LogP contribution in [0.1, 0.15) is 23.7 Å². The molecule has 0 aromatic carbocycles. The molecule has 1 saturated heterocycles. The van der Waals surface area contributed by atoms with Gasteiger partial charge in [-0.05, 0) is 18.6 Å². The normalized spacial score (nSPS) is 19.9. The maximum absolute atomic E-state index is 12.3. The van der Waals surface area contributed by atoms with Gasteiger partial charge in [0.2, 0.25) is 0 Å². The van der Waals surface area contributed by atoms with Crippen molar-refractivity contribution in [1.82, 2.24) is 9.88 Å². The van der Waals surface area contributed by atoms with E-state index in [2.05, 4.69) is 4.98 Å². The summed E-state index contributed by atoms with van der Waals surface area (Å²) in [5.41, 5.74) is 6.07. The maximum atomic E-state index is 12.3. The monoisotopic (exact) mass is 269 g/mol. The molecule has 2 heterocycles. The minimum Gasteiger partial charge on any atom is -0.384 e. The Balaban J connectivity index is 2.15. The van der Waals surface area contributed by atoms with Crippen molar-refractivity contribution < 1.29 is 9.53 Å². The van der Waals surface area contributed by atoms with Crippen LogP contribution in [0.2, 0.25) is 5.15 Å². The molecule has 5 nitrogen and oxygen atoms in total. The molecule has 0 spiro atoms. The minimum absolute atomic E-state index is 0.0762. The number of carbonyl (C=O) groups is 1. The standard InChI is InChI=1S/C12H16ClN3O2/c1-2-9-7-16(3-4-18-9)12(17)8-5-10(13)15-11(14)6-8/h5-6,9H,2-4,7H2,1H3,(H2,14,15). The average Bonchev–Trinajstić information content (AvgIpc) is 2.37. The quantitative estimate of drug-likeness (QED) is 0.828. The van der Waals surface area contributed by atoms with E-state index in [0.717, 1.165) is 6.42 Å². The zero-order valence-electron chi connectivity index (χ0n) is 10.2. The van der Waals surface area contributed by atoms with Crippen LogP contribution in [-0.4, -0.2) is 41.6 Å². The fourth-order valence-electron chi connectivity index (χ4n) is 1.97. The third-order valence-electron chi connectivity index (χ3n) is 2.94. The number of carbonyl (C=O) groups excluding carboxylic acids is 1. The average molecular weight is 270 g/mol. The molecule has 1 aromatic heterocycles. The predicted octanol–water partition coefficient (Wildman–Crippen LogP) is 1.57. The van der Waals surface area contributed by atoms with Crippen LogP contribution in [-0.2, 0) is 4.74 Å². The minimum atomic E-state index is -0.0762. The molecular formula is C12H16ClN3O2. The highest BCUT2D eigenvalue weighted by Gasteiger charge is 2.24. The number of pyridine rings is 1. The number of halogens is 1. The van der Waals surface area contributed by atoms with E-state index in [0.29, 0.717) is 25.3 Å². The van der Waals surface area contributed by atoms with Crippen molar-refractivity contribution in [3.63, 3.8) is 0 Å². The lowest BCUT2D eigenvalue weighted by Gasteiger charge is -2.32. The third kappa shape index (κ3) is 2.91. The summed E-state index contributed by atoms with van der Waals surface area (Å²) >= 11 is 5.80. The number of hydrogen-bond donors (Lipinski definition) is 1. The second-order valence-electron chi connectivity index (χ2n) is 4.26. The number of nitrogens with zero attached hydrogens (tertiary/aromatic N) is 2. The number of morpholine rings is 1. The van der Waals surface area contributed by atoms with Gasteiger partial charge >= 0.3 is 0 Å². The summed E-state index contributed by atoms with van der Waals surface area (Å²) in [5.74, 6) is 0.180. The van der Waals surface area contributed by atoms with Crippen LogP contribution in [0, 0.1) is 0 Å². The molecule has 2 rings (SSSR count). The Bertz CT molecular complexity index is 433. The number of ether oxygens (including phenoxy) is 1. The zero-order valence-corrected chi connectivity index (χ0v) is 11.0. The fraction of sp³-hybridized carbons (Fsp3) is 0.500. The van der Waals surface area contributed by atoms with E-state index in [1.165, 1.54) is 6.07 Å². The molecular weight excluding hydrogens is 254 g/mol. The Morgan fingerprint density at radius 2 is 2.44 bits per heavy atom. The molecule has 0 aliphatic carbocycles. The lowest BCUT2D eigenvalue weighted by Crippen LogP contribution is -2.45. The molecule has 98 valence electrons. The van der Waals surface area contributed by atoms with Crippen molar-refractivity contribution in [2.45, 2.75) is 19.4 Å². The number of nitrogens with two attached hydrogens (primary N) is 1. The highest BCUT2D eigenvalue weighted by atomic mass is 35.5. The van der Waals surface area contributed by atoms with Gasteiger partial charge in [0.05, 0.1) is 12.7 Å². The molecule has 1 aliphatic rings. The van der Waals surface area contributed by atoms with Crippen molar-refractivity contribution in [1.29, 1.82) is 0 Å². The molecule has 0 saturated carbocycles. The van der Waals surface area contributed by atoms with Gasteiger partial charge in [-0.1, -0.05) is 18.5 Å². The first-order valence-electron chi connectivity index (χ1n) is 5.94. The first-order valence-corrected chi connectivity index (χ1v) is 6.32. The lowest BCUT2D eigenvalue weighted by molar-refractivity contribution is -0.0226. The van der Waals surface area contributed by atoms with E-state index in [1.54, 1.807) is 11.0 Å². The Hall–Kier alpha value is -1.33. The highest BCUT2D eigenvalue weighted by Crippen LogP contribution is 2.16. The number of hydrogen-bond acceptors (Lipinski definition) is 4. The first-order chi connectivity index (χ1) is 8.60. The molecule has 1 unspecified atom stereocenters. The van der Waals surface area contributed by atoms with E-state index in [4.69, 9.17) is 22.1 Å². The molecule has 1 atom stereocenters. The molecule has 0 bridgehead atoms. The molecule has 0 radical (unpaired) electrons. The molecule has 1 aromatic rings. The fourth-order valence-corrected chi connectivity index (χ4v) is 2.19. The predicted molar refractivity (Wildman–Crippen MR) is 69.6 cm³/mol. The summed E-state index contributed by atoms with van der Waals surface area (Å²) in [6.07, 6.45) is 1.00. The second kappa shape index (κ2) is 5.54. The summed E-state index contributed by atoms with van der Waals surface area (Å²) in [6, 6.07) is 3.08. The number of amides is 1. The third-order valence-corrected chi connectivity index (χ3v) is 3.14. The van der Waals surface area contributed by atoms with E-state index < -0.39 is 0 Å². The Morgan fingerprint density at radius 3 is 3.11 bits per heavy atom. The second-order valence-corrected chi connectivity index (χ2v) is 4.64. The van der Waals surface area contributed by atoms with Gasteiger partial charge in [0.1, 0.15) is 11.0 Å². The number of anilines is 1. The van der Waals surface area contributed by atoms with Crippen molar-refractivity contribution in [2.24, 2.45) is 0 Å². The van der Waals surface area contributed by atoms with Crippen LogP contribution < -0.4 is 5.73 Å². The summed E-state index contributed by atoms with van der Waals surface area (Å²) in [4.78, 5) is 17.9. The van der Waals surface area contributed by atoms with Crippen LogP contribution >= 0.6 is 11.6 Å². The lowest BCUT2D eigenvalue weighted by atomic mass is 10.1. The SMILES string of the molecule is CCC1CN(C(=O)c2cc(N)nc(Cl)c2)CCO1. The van der Waals surface area contributed by atoms with E-state index in [-0.39, 0.29) is 23.0 Å². The van der Waals surface area contributed by atoms with Crippen LogP contribution in [0.5, 0.6) is 0 Å². The Morgan fingerprint density at radius 1 is 1.67 bits per heavy atom. The van der Waals surface area contributed by atoms with Crippen LogP contribution in [0.25, 0.3) is 0 Å². The molecule has 1 amide bonds. The molecule has 6 heteroatoms. The number of aromatic nitrogens is 1. The van der Waals surface area contributed by atoms with Gasteiger partial charge in [-0.2, -0.15) is 0 Å². The van der Waals surface area contributed by atoms with Crippen LogP contribution in [0.4, 0.5) is 5.82 Å². The van der Waals surface area contributed by atoms with Crippen molar-refractivity contribution in [3.8, 4) is 0 Å². The summed E-state index contributed by atoms with van der Waals surface area (Å²) < 4.78 is 5.53. The van der Waals surface area contributed by atoms with Crippen molar-refractivity contribution in [2.75, 3.05) is 25.4 Å². The van der Waals surface area contributed by atoms with Gasteiger partial charge < -0.3 is 15.4 Å². The van der Waals surface area contributed by atoms with Crippen LogP contribution in [0.15, 0.2) is 12.1 Å². The van der Waals surface area contributed by atoms with Gasteiger partial charge in [-0.3, -0.25) is 4.79 Å². The maximum Gasteiger partial charge on any atom is 0.254 e. The van der Waals surface area contributed by atoms with Gasteiger partial charge in [0, 0.05) is 18.7 Å².